The fourth-order valence-electron chi connectivity index (χ4n) is 1.19. The molecule has 0 amide bonds. The largest absolute Gasteiger partial charge is 0.369 e. The summed E-state index contributed by atoms with van der Waals surface area (Å²) in [5, 5.41) is 2.81. The molecule has 7 heteroatoms. The van der Waals surface area contributed by atoms with Crippen molar-refractivity contribution in [1.29, 1.82) is 0 Å². The van der Waals surface area contributed by atoms with E-state index in [2.05, 4.69) is 31.2 Å². The quantitative estimate of drug-likeness (QED) is 0.439. The molecule has 4 N–H and O–H groups in total. The van der Waals surface area contributed by atoms with Crippen molar-refractivity contribution in [3.63, 3.8) is 0 Å². The lowest BCUT2D eigenvalue weighted by molar-refractivity contribution is 0.964. The van der Waals surface area contributed by atoms with Crippen molar-refractivity contribution >= 4 is 33.4 Å². The zero-order valence-corrected chi connectivity index (χ0v) is 8.42. The number of hydrogen-bond donors (Lipinski definition) is 3. The van der Waals surface area contributed by atoms with Crippen molar-refractivity contribution < 1.29 is 0 Å². The number of aromatic nitrogens is 2. The summed E-state index contributed by atoms with van der Waals surface area (Å²) in [6, 6.07) is 0. The smallest absolute Gasteiger partial charge is 0.277 e. The Morgan fingerprint density at radius 1 is 1.69 bits per heavy atom. The summed E-state index contributed by atoms with van der Waals surface area (Å²) in [5.41, 5.74) is 5.59. The highest BCUT2D eigenvalue weighted by Gasteiger charge is 2.27. The molecule has 70 valence electrons. The van der Waals surface area contributed by atoms with Crippen molar-refractivity contribution in [2.45, 2.75) is 5.08 Å². The number of nitrogens with zero attached hydrogens (tertiary/aromatic N) is 2. The predicted molar refractivity (Wildman–Crippen MR) is 54.0 cm³/mol. The second-order valence-electron chi connectivity index (χ2n) is 2.74. The van der Waals surface area contributed by atoms with E-state index in [4.69, 9.17) is 5.73 Å². The van der Waals surface area contributed by atoms with Gasteiger partial charge in [-0.05, 0) is 15.9 Å². The Hall–Kier alpha value is -1.24. The summed E-state index contributed by atoms with van der Waals surface area (Å²) >= 11 is 3.32. The van der Waals surface area contributed by atoms with Gasteiger partial charge in [0.05, 0.1) is 0 Å². The van der Waals surface area contributed by atoms with Gasteiger partial charge in [-0.2, -0.15) is 4.98 Å². The molecule has 1 unspecified atom stereocenters. The molecular formula is C6H8BrN5O. The first kappa shape index (κ1) is 8.36. The predicted octanol–water partition coefficient (Wildman–Crippen LogP) is -0.108. The first-order valence-electron chi connectivity index (χ1n) is 3.63. The molecular weight excluding hydrogens is 238 g/mol. The lowest BCUT2D eigenvalue weighted by Crippen LogP contribution is -2.26. The summed E-state index contributed by atoms with van der Waals surface area (Å²) in [4.78, 5) is 19.5. The molecule has 0 saturated carbocycles. The summed E-state index contributed by atoms with van der Waals surface area (Å²) in [6.45, 7) is 0. The average Bonchev–Trinajstić information content (AvgIpc) is 2.32. The number of alkyl halides is 1. The maximum Gasteiger partial charge on any atom is 0.277 e. The van der Waals surface area contributed by atoms with Crippen molar-refractivity contribution in [3.05, 3.63) is 10.4 Å². The Kier molecular flexibility index (Phi) is 1.69. The van der Waals surface area contributed by atoms with E-state index < -0.39 is 0 Å². The number of nitrogens with one attached hydrogen (secondary N) is 2. The summed E-state index contributed by atoms with van der Waals surface area (Å²) in [5.74, 6) is 0.683. The topological polar surface area (TPSA) is 87.0 Å². The van der Waals surface area contributed by atoms with E-state index in [1.165, 1.54) is 0 Å². The average molecular weight is 246 g/mol. The number of anilines is 3. The number of halogens is 1. The van der Waals surface area contributed by atoms with Gasteiger partial charge < -0.3 is 16.0 Å². The molecule has 1 atom stereocenters. The van der Waals surface area contributed by atoms with Crippen LogP contribution in [0.1, 0.15) is 0 Å². The van der Waals surface area contributed by atoms with Crippen LogP contribution in [0.25, 0.3) is 0 Å². The van der Waals surface area contributed by atoms with Crippen LogP contribution in [-0.4, -0.2) is 22.1 Å². The van der Waals surface area contributed by atoms with Crippen LogP contribution in [0.4, 0.5) is 17.5 Å². The van der Waals surface area contributed by atoms with Gasteiger partial charge in [-0.15, -0.1) is 0 Å². The van der Waals surface area contributed by atoms with Crippen LogP contribution < -0.4 is 21.5 Å². The van der Waals surface area contributed by atoms with Gasteiger partial charge in [-0.25, -0.2) is 0 Å². The highest BCUT2D eigenvalue weighted by molar-refractivity contribution is 9.09. The molecule has 0 fully saturated rings. The Bertz CT molecular complexity index is 403. The maximum atomic E-state index is 11.3. The zero-order valence-electron chi connectivity index (χ0n) is 6.84. The second kappa shape index (κ2) is 2.63. The third-order valence-electron chi connectivity index (χ3n) is 1.86. The lowest BCUT2D eigenvalue weighted by Gasteiger charge is -2.13. The van der Waals surface area contributed by atoms with Gasteiger partial charge in [-0.1, -0.05) is 0 Å². The van der Waals surface area contributed by atoms with Gasteiger partial charge >= 0.3 is 0 Å². The molecule has 0 radical (unpaired) electrons. The number of hydrogen-bond acceptors (Lipinski definition) is 5. The van der Waals surface area contributed by atoms with Gasteiger partial charge in [0.2, 0.25) is 5.95 Å². The normalized spacial score (nSPS) is 19.8. The number of nitrogen functional groups attached to an aromatic ring is 1. The van der Waals surface area contributed by atoms with E-state index in [0.29, 0.717) is 11.5 Å². The minimum Gasteiger partial charge on any atom is -0.369 e. The highest BCUT2D eigenvalue weighted by Crippen LogP contribution is 2.30. The minimum absolute atomic E-state index is 0.113. The number of H-pyrrole nitrogens is 1. The molecule has 1 aliphatic rings. The van der Waals surface area contributed by atoms with Crippen LogP contribution >= 0.6 is 15.9 Å². The Morgan fingerprint density at radius 3 is 3.08 bits per heavy atom. The van der Waals surface area contributed by atoms with Crippen LogP contribution in [-0.2, 0) is 0 Å². The lowest BCUT2D eigenvalue weighted by atomic mass is 10.5. The Labute approximate surface area is 82.3 Å². The van der Waals surface area contributed by atoms with Gasteiger partial charge in [0.15, 0.2) is 10.9 Å². The third kappa shape index (κ3) is 1.15. The summed E-state index contributed by atoms with van der Waals surface area (Å²) < 4.78 is 0. The Balaban J connectivity index is 2.64. The number of nitrogens with two attached hydrogens (primary N) is 1. The second-order valence-corrected chi connectivity index (χ2v) is 3.61. The SMILES string of the molecule is CN1c2nc(N)[nH]c(=O)c2NC1Br. The highest BCUT2D eigenvalue weighted by atomic mass is 79.9. The summed E-state index contributed by atoms with van der Waals surface area (Å²) in [6.07, 6.45) is 0. The van der Waals surface area contributed by atoms with Crippen molar-refractivity contribution in [2.75, 3.05) is 23.0 Å². The Morgan fingerprint density at radius 2 is 2.38 bits per heavy atom. The number of rotatable bonds is 0. The van der Waals surface area contributed by atoms with Crippen LogP contribution in [0.3, 0.4) is 0 Å². The van der Waals surface area contributed by atoms with Crippen molar-refractivity contribution in [2.24, 2.45) is 0 Å². The first-order valence-corrected chi connectivity index (χ1v) is 4.54. The molecule has 0 aromatic carbocycles. The molecule has 1 aromatic rings. The van der Waals surface area contributed by atoms with Crippen LogP contribution in [0.5, 0.6) is 0 Å². The van der Waals surface area contributed by atoms with Crippen molar-refractivity contribution in [3.8, 4) is 0 Å². The van der Waals surface area contributed by atoms with Crippen LogP contribution in [0.2, 0.25) is 0 Å². The molecule has 0 spiro atoms. The van der Waals surface area contributed by atoms with E-state index in [1.807, 2.05) is 7.05 Å². The molecule has 1 aliphatic heterocycles. The van der Waals surface area contributed by atoms with Gasteiger partial charge in [0.1, 0.15) is 5.69 Å². The van der Waals surface area contributed by atoms with E-state index >= 15 is 0 Å². The molecule has 1 aromatic heterocycles. The molecule has 0 bridgehead atoms. The monoisotopic (exact) mass is 245 g/mol. The van der Waals surface area contributed by atoms with E-state index in [9.17, 15) is 4.79 Å². The van der Waals surface area contributed by atoms with E-state index in [-0.39, 0.29) is 16.6 Å². The van der Waals surface area contributed by atoms with Gasteiger partial charge in [0.25, 0.3) is 5.56 Å². The minimum atomic E-state index is -0.253. The zero-order chi connectivity index (χ0) is 9.59. The van der Waals surface area contributed by atoms with Crippen LogP contribution in [0.15, 0.2) is 4.79 Å². The third-order valence-corrected chi connectivity index (χ3v) is 2.70. The standard InChI is InChI=1S/C6H8BrN5O/c1-12-3-2(9-5(12)7)4(13)11-6(8)10-3/h5,9H,1H3,(H3,8,10,11,13). The fourth-order valence-corrected chi connectivity index (χ4v) is 1.61. The molecule has 2 rings (SSSR count). The fraction of sp³-hybridized carbons (Fsp3) is 0.333. The number of fused-ring (bicyclic) bond motifs is 1. The van der Waals surface area contributed by atoms with Gasteiger partial charge in [-0.3, -0.25) is 9.78 Å². The van der Waals surface area contributed by atoms with E-state index in [0.717, 1.165) is 0 Å². The first-order chi connectivity index (χ1) is 6.09. The molecule has 0 saturated heterocycles. The van der Waals surface area contributed by atoms with E-state index in [1.54, 1.807) is 4.90 Å². The molecule has 0 aliphatic carbocycles. The molecule has 2 heterocycles. The molecule has 6 nitrogen and oxygen atoms in total. The number of aromatic amines is 1. The summed E-state index contributed by atoms with van der Waals surface area (Å²) in [7, 11) is 1.81. The maximum absolute atomic E-state index is 11.3. The van der Waals surface area contributed by atoms with Crippen molar-refractivity contribution in [1.82, 2.24) is 9.97 Å². The van der Waals surface area contributed by atoms with Crippen LogP contribution in [0, 0.1) is 0 Å². The van der Waals surface area contributed by atoms with Gasteiger partial charge in [0, 0.05) is 7.05 Å². The molecule has 13 heavy (non-hydrogen) atoms.